The van der Waals surface area contributed by atoms with Crippen molar-refractivity contribution in [2.45, 2.75) is 20.0 Å². The highest BCUT2D eigenvalue weighted by molar-refractivity contribution is 7.19. The van der Waals surface area contributed by atoms with Crippen molar-refractivity contribution >= 4 is 27.5 Å². The highest BCUT2D eigenvalue weighted by Gasteiger charge is 2.20. The van der Waals surface area contributed by atoms with Crippen LogP contribution in [0.2, 0.25) is 0 Å². The fourth-order valence-electron chi connectivity index (χ4n) is 3.10. The van der Waals surface area contributed by atoms with Crippen molar-refractivity contribution in [3.05, 3.63) is 46.0 Å². The first-order valence-corrected chi connectivity index (χ1v) is 9.49. The molecule has 0 saturated carbocycles. The van der Waals surface area contributed by atoms with Crippen LogP contribution in [-0.4, -0.2) is 44.1 Å². The molecule has 27 heavy (non-hydrogen) atoms. The van der Waals surface area contributed by atoms with Crippen LogP contribution in [0.4, 0.5) is 0 Å². The smallest absolute Gasteiger partial charge is 0.268 e. The second kappa shape index (κ2) is 8.02. The zero-order chi connectivity index (χ0) is 19.6. The number of aryl methyl sites for hydroxylation is 1. The maximum Gasteiger partial charge on any atom is 0.268 e. The van der Waals surface area contributed by atoms with Gasteiger partial charge in [-0.2, -0.15) is 0 Å². The van der Waals surface area contributed by atoms with E-state index in [1.54, 1.807) is 25.6 Å². The van der Waals surface area contributed by atoms with Crippen LogP contribution >= 0.6 is 11.3 Å². The lowest BCUT2D eigenvalue weighted by molar-refractivity contribution is 0.0945. The summed E-state index contributed by atoms with van der Waals surface area (Å²) < 4.78 is 11.8. The Bertz CT molecular complexity index is 959. The van der Waals surface area contributed by atoms with Crippen LogP contribution in [0.3, 0.4) is 0 Å². The van der Waals surface area contributed by atoms with Gasteiger partial charge in [0.2, 0.25) is 0 Å². The largest absolute Gasteiger partial charge is 0.497 e. The summed E-state index contributed by atoms with van der Waals surface area (Å²) in [6.45, 7) is 3.13. The van der Waals surface area contributed by atoms with Gasteiger partial charge in [-0.05, 0) is 45.3 Å². The van der Waals surface area contributed by atoms with Gasteiger partial charge >= 0.3 is 0 Å². The predicted octanol–water partition coefficient (Wildman–Crippen LogP) is 3.55. The molecule has 3 rings (SSSR count). The second-order valence-electron chi connectivity index (χ2n) is 6.68. The van der Waals surface area contributed by atoms with Crippen LogP contribution in [0.15, 0.2) is 24.3 Å². The highest BCUT2D eigenvalue weighted by atomic mass is 32.1. The second-order valence-corrected chi connectivity index (χ2v) is 7.93. The van der Waals surface area contributed by atoms with Gasteiger partial charge in [0.15, 0.2) is 0 Å². The van der Waals surface area contributed by atoms with E-state index in [0.717, 1.165) is 27.1 Å². The topological polar surface area (TPSA) is 66.6 Å². The molecule has 0 aliphatic heterocycles. The van der Waals surface area contributed by atoms with Gasteiger partial charge in [-0.15, -0.1) is 11.3 Å². The van der Waals surface area contributed by atoms with Crippen LogP contribution < -0.4 is 14.8 Å². The number of carbonyl (C=O) groups is 1. The molecule has 0 bridgehead atoms. The quantitative estimate of drug-likeness (QED) is 0.651. The van der Waals surface area contributed by atoms with Crippen molar-refractivity contribution in [1.82, 2.24) is 15.2 Å². The van der Waals surface area contributed by atoms with Gasteiger partial charge in [-0.3, -0.25) is 4.79 Å². The Hall–Kier alpha value is -2.51. The van der Waals surface area contributed by atoms with Gasteiger partial charge in [0.05, 0.1) is 24.4 Å². The minimum absolute atomic E-state index is 0.127. The molecule has 0 aliphatic carbocycles. The average molecular weight is 388 g/mol. The Morgan fingerprint density at radius 2 is 2.00 bits per heavy atom. The molecule has 0 fully saturated rings. The van der Waals surface area contributed by atoms with Crippen molar-refractivity contribution in [2.24, 2.45) is 0 Å². The van der Waals surface area contributed by atoms with Gasteiger partial charge in [0.25, 0.3) is 5.91 Å². The number of benzene rings is 1. The standard InChI is InChI=1S/C20H25N3O3S/c1-12-8-16-19(27-12)15(11-23(2)3)18(22-16)20(24)21-10-13-9-14(25-4)6-7-17(13)26-5/h6-9,22H,10-11H2,1-5H3,(H,21,24). The number of ether oxygens (including phenoxy) is 2. The number of hydrogen-bond acceptors (Lipinski definition) is 5. The number of aromatic nitrogens is 1. The van der Waals surface area contributed by atoms with Crippen molar-refractivity contribution < 1.29 is 14.3 Å². The maximum atomic E-state index is 12.9. The Balaban J connectivity index is 1.85. The summed E-state index contributed by atoms with van der Waals surface area (Å²) in [5.41, 5.74) is 3.53. The Labute approximate surface area is 163 Å². The number of thiophene rings is 1. The summed E-state index contributed by atoms with van der Waals surface area (Å²) in [4.78, 5) is 19.5. The summed E-state index contributed by atoms with van der Waals surface area (Å²) in [5, 5.41) is 3.00. The summed E-state index contributed by atoms with van der Waals surface area (Å²) in [6.07, 6.45) is 0. The molecule has 0 saturated heterocycles. The number of rotatable bonds is 7. The number of hydrogen-bond donors (Lipinski definition) is 2. The number of aromatic amines is 1. The third-order valence-corrected chi connectivity index (χ3v) is 5.43. The van der Waals surface area contributed by atoms with Gasteiger partial charge in [0.1, 0.15) is 17.2 Å². The fourth-order valence-corrected chi connectivity index (χ4v) is 4.11. The Morgan fingerprint density at radius 1 is 1.22 bits per heavy atom. The molecule has 0 radical (unpaired) electrons. The molecule has 2 heterocycles. The summed E-state index contributed by atoms with van der Waals surface area (Å²) in [6, 6.07) is 7.63. The molecule has 0 aliphatic rings. The third-order valence-electron chi connectivity index (χ3n) is 4.32. The van der Waals surface area contributed by atoms with E-state index in [0.29, 0.717) is 24.5 Å². The summed E-state index contributed by atoms with van der Waals surface area (Å²) in [5.74, 6) is 1.31. The van der Waals surface area contributed by atoms with E-state index >= 15 is 0 Å². The van der Waals surface area contributed by atoms with E-state index in [-0.39, 0.29) is 5.91 Å². The van der Waals surface area contributed by atoms with Crippen LogP contribution in [0.25, 0.3) is 10.2 Å². The molecular formula is C20H25N3O3S. The molecule has 144 valence electrons. The molecule has 1 aromatic carbocycles. The van der Waals surface area contributed by atoms with Gasteiger partial charge in [-0.1, -0.05) is 0 Å². The van der Waals surface area contributed by atoms with Crippen LogP contribution in [0, 0.1) is 6.92 Å². The Kier molecular flexibility index (Phi) is 5.72. The number of amides is 1. The van der Waals surface area contributed by atoms with Crippen molar-refractivity contribution in [2.75, 3.05) is 28.3 Å². The number of nitrogens with zero attached hydrogens (tertiary/aromatic N) is 1. The normalized spacial score (nSPS) is 11.2. The zero-order valence-electron chi connectivity index (χ0n) is 16.3. The van der Waals surface area contributed by atoms with Gasteiger partial charge < -0.3 is 24.7 Å². The lowest BCUT2D eigenvalue weighted by atomic mass is 10.1. The minimum Gasteiger partial charge on any atom is -0.497 e. The SMILES string of the molecule is COc1ccc(OC)c(CNC(=O)c2[nH]c3cc(C)sc3c2CN(C)C)c1. The van der Waals surface area contributed by atoms with Gasteiger partial charge in [0, 0.05) is 29.1 Å². The van der Waals surface area contributed by atoms with Crippen molar-refractivity contribution in [3.63, 3.8) is 0 Å². The third kappa shape index (κ3) is 4.09. The van der Waals surface area contributed by atoms with Crippen molar-refractivity contribution in [1.29, 1.82) is 0 Å². The lowest BCUT2D eigenvalue weighted by Crippen LogP contribution is -2.25. The first-order chi connectivity index (χ1) is 12.9. The predicted molar refractivity (Wildman–Crippen MR) is 109 cm³/mol. The molecule has 0 spiro atoms. The Morgan fingerprint density at radius 3 is 2.67 bits per heavy atom. The van der Waals surface area contributed by atoms with Crippen molar-refractivity contribution in [3.8, 4) is 11.5 Å². The van der Waals surface area contributed by atoms with E-state index in [9.17, 15) is 4.79 Å². The molecule has 2 N–H and O–H groups in total. The summed E-state index contributed by atoms with van der Waals surface area (Å²) >= 11 is 1.71. The number of carbonyl (C=O) groups excluding carboxylic acids is 1. The molecule has 0 unspecified atom stereocenters. The monoisotopic (exact) mass is 387 g/mol. The highest BCUT2D eigenvalue weighted by Crippen LogP contribution is 2.31. The van der Waals surface area contributed by atoms with E-state index in [2.05, 4.69) is 28.2 Å². The van der Waals surface area contributed by atoms with E-state index in [1.807, 2.05) is 32.3 Å². The molecule has 7 heteroatoms. The number of fused-ring (bicyclic) bond motifs is 1. The lowest BCUT2D eigenvalue weighted by Gasteiger charge is -2.13. The van der Waals surface area contributed by atoms with E-state index in [1.165, 1.54) is 4.88 Å². The first-order valence-electron chi connectivity index (χ1n) is 8.67. The number of nitrogens with one attached hydrogen (secondary N) is 2. The average Bonchev–Trinajstić information content (AvgIpc) is 3.16. The minimum atomic E-state index is -0.127. The van der Waals surface area contributed by atoms with E-state index in [4.69, 9.17) is 9.47 Å². The molecule has 2 aromatic heterocycles. The first kappa shape index (κ1) is 19.3. The molecule has 0 atom stereocenters. The number of methoxy groups -OCH3 is 2. The van der Waals surface area contributed by atoms with Crippen LogP contribution in [0.1, 0.15) is 26.5 Å². The fraction of sp³-hybridized carbons (Fsp3) is 0.350. The van der Waals surface area contributed by atoms with E-state index < -0.39 is 0 Å². The molecular weight excluding hydrogens is 362 g/mol. The zero-order valence-corrected chi connectivity index (χ0v) is 17.1. The van der Waals surface area contributed by atoms with Crippen LogP contribution in [0.5, 0.6) is 11.5 Å². The maximum absolute atomic E-state index is 12.9. The number of H-pyrrole nitrogens is 1. The molecule has 3 aromatic rings. The van der Waals surface area contributed by atoms with Crippen LogP contribution in [-0.2, 0) is 13.1 Å². The molecule has 6 nitrogen and oxygen atoms in total. The molecule has 1 amide bonds. The van der Waals surface area contributed by atoms with Gasteiger partial charge in [-0.25, -0.2) is 0 Å². The summed E-state index contributed by atoms with van der Waals surface area (Å²) in [7, 11) is 7.24.